The lowest BCUT2D eigenvalue weighted by Gasteiger charge is -2.19. The van der Waals surface area contributed by atoms with Crippen LogP contribution in [0, 0.1) is 0 Å². The van der Waals surface area contributed by atoms with Crippen LogP contribution in [-0.2, 0) is 9.53 Å². The molecule has 1 aliphatic rings. The number of furan rings is 1. The summed E-state index contributed by atoms with van der Waals surface area (Å²) in [5.74, 6) is -0.216. The number of esters is 1. The Kier molecular flexibility index (Phi) is 6.44. The number of rotatable bonds is 8. The molecule has 0 saturated heterocycles. The van der Waals surface area contributed by atoms with E-state index in [9.17, 15) is 9.59 Å². The second-order valence-corrected chi connectivity index (χ2v) is 8.58. The molecule has 0 N–H and O–H groups in total. The summed E-state index contributed by atoms with van der Waals surface area (Å²) in [6.07, 6.45) is 3.66. The fourth-order valence-electron chi connectivity index (χ4n) is 3.76. The number of nitrogens with zero attached hydrogens (tertiary/aromatic N) is 4. The Hall–Kier alpha value is -4.18. The van der Waals surface area contributed by atoms with Crippen molar-refractivity contribution in [3.05, 3.63) is 88.8 Å². The van der Waals surface area contributed by atoms with Crippen LogP contribution in [0.15, 0.2) is 82.0 Å². The highest BCUT2D eigenvalue weighted by Gasteiger charge is 2.35. The lowest BCUT2D eigenvalue weighted by Crippen LogP contribution is -2.31. The Balaban J connectivity index is 1.38. The Morgan fingerprint density at radius 1 is 1.14 bits per heavy atom. The fraction of sp³-hybridized carbons (Fsp3) is 0.200. The molecule has 1 aromatic carbocycles. The third-order valence-electron chi connectivity index (χ3n) is 5.36. The van der Waals surface area contributed by atoms with Gasteiger partial charge in [-0.15, -0.1) is 11.3 Å². The third-order valence-corrected chi connectivity index (χ3v) is 6.28. The Morgan fingerprint density at radius 2 is 2.00 bits per heavy atom. The van der Waals surface area contributed by atoms with E-state index < -0.39 is 5.97 Å². The van der Waals surface area contributed by atoms with Crippen molar-refractivity contribution in [3.8, 4) is 11.4 Å². The Morgan fingerprint density at radius 3 is 2.71 bits per heavy atom. The molecule has 0 saturated carbocycles. The van der Waals surface area contributed by atoms with Crippen LogP contribution in [0.25, 0.3) is 5.69 Å². The summed E-state index contributed by atoms with van der Waals surface area (Å²) in [4.78, 5) is 26.7. The number of ether oxygens (including phenoxy) is 2. The van der Waals surface area contributed by atoms with Crippen LogP contribution in [0.3, 0.4) is 0 Å². The zero-order valence-electron chi connectivity index (χ0n) is 18.9. The van der Waals surface area contributed by atoms with Crippen molar-refractivity contribution >= 4 is 28.9 Å². The highest BCUT2D eigenvalue weighted by atomic mass is 32.1. The van der Waals surface area contributed by atoms with Crippen LogP contribution in [0.1, 0.15) is 40.5 Å². The molecule has 9 nitrogen and oxygen atoms in total. The minimum absolute atomic E-state index is 0.00437. The van der Waals surface area contributed by atoms with Crippen LogP contribution in [0.4, 0.5) is 0 Å². The van der Waals surface area contributed by atoms with Gasteiger partial charge in [-0.25, -0.2) is 14.5 Å². The number of carbonyl (C=O) groups is 2. The molecule has 1 amide bonds. The number of hydrogen-bond donors (Lipinski definition) is 0. The molecule has 178 valence electrons. The highest BCUT2D eigenvalue weighted by Crippen LogP contribution is 2.34. The maximum absolute atomic E-state index is 13.2. The third kappa shape index (κ3) is 4.73. The van der Waals surface area contributed by atoms with Gasteiger partial charge in [-0.2, -0.15) is 10.2 Å². The molecule has 0 radical (unpaired) electrons. The van der Waals surface area contributed by atoms with Gasteiger partial charge < -0.3 is 13.9 Å². The van der Waals surface area contributed by atoms with Gasteiger partial charge in [0.05, 0.1) is 35.3 Å². The summed E-state index contributed by atoms with van der Waals surface area (Å²) in [6.45, 7) is 1.56. The monoisotopic (exact) mass is 490 g/mol. The molecule has 3 aromatic heterocycles. The van der Waals surface area contributed by atoms with Gasteiger partial charge in [-0.3, -0.25) is 4.79 Å². The van der Waals surface area contributed by atoms with Gasteiger partial charge >= 0.3 is 5.97 Å². The van der Waals surface area contributed by atoms with Crippen LogP contribution in [-0.4, -0.2) is 45.6 Å². The van der Waals surface area contributed by atoms with E-state index in [-0.39, 0.29) is 36.6 Å². The molecule has 4 heterocycles. The fourth-order valence-corrected chi connectivity index (χ4v) is 4.48. The van der Waals surface area contributed by atoms with Crippen LogP contribution in [0.2, 0.25) is 0 Å². The number of para-hydroxylation sites is 1. The topological polar surface area (TPSA) is 99.2 Å². The van der Waals surface area contributed by atoms with Crippen molar-refractivity contribution in [1.82, 2.24) is 14.8 Å². The van der Waals surface area contributed by atoms with Gasteiger partial charge in [0.1, 0.15) is 11.8 Å². The normalized spacial score (nSPS) is 15.2. The minimum Gasteiger partial charge on any atom is -0.479 e. The number of amides is 1. The lowest BCUT2D eigenvalue weighted by atomic mass is 10.1. The van der Waals surface area contributed by atoms with Crippen molar-refractivity contribution in [2.45, 2.75) is 19.4 Å². The van der Waals surface area contributed by atoms with E-state index >= 15 is 0 Å². The number of hydrazone groups is 1. The summed E-state index contributed by atoms with van der Waals surface area (Å²) in [6, 6.07) is 16.4. The smallest absolute Gasteiger partial charge is 0.362 e. The molecule has 0 fully saturated rings. The van der Waals surface area contributed by atoms with Gasteiger partial charge in [0.15, 0.2) is 12.4 Å². The molecule has 10 heteroatoms. The van der Waals surface area contributed by atoms with E-state index in [1.807, 2.05) is 53.9 Å². The van der Waals surface area contributed by atoms with Crippen LogP contribution < -0.4 is 4.74 Å². The number of benzene rings is 1. The molecule has 35 heavy (non-hydrogen) atoms. The molecule has 1 unspecified atom stereocenters. The summed E-state index contributed by atoms with van der Waals surface area (Å²) < 4.78 is 18.0. The second-order valence-electron chi connectivity index (χ2n) is 7.63. The molecule has 0 spiro atoms. The van der Waals surface area contributed by atoms with E-state index in [1.54, 1.807) is 36.8 Å². The summed E-state index contributed by atoms with van der Waals surface area (Å²) in [7, 11) is 0. The Labute approximate surface area is 205 Å². The van der Waals surface area contributed by atoms with E-state index in [4.69, 9.17) is 13.9 Å². The molecular formula is C25H22N4O5S. The molecule has 0 bridgehead atoms. The van der Waals surface area contributed by atoms with Crippen molar-refractivity contribution in [2.24, 2.45) is 5.10 Å². The SMILES string of the molecule is CCOC(=O)c1nn(-c2ccccc2)cc1OCC(=O)N1N=C(c2cccs2)CC1c1ccco1. The molecule has 5 rings (SSSR count). The average Bonchev–Trinajstić information content (AvgIpc) is 3.69. The van der Waals surface area contributed by atoms with Crippen molar-refractivity contribution in [2.75, 3.05) is 13.2 Å². The van der Waals surface area contributed by atoms with Gasteiger partial charge in [-0.05, 0) is 42.6 Å². The predicted octanol–water partition coefficient (Wildman–Crippen LogP) is 4.46. The summed E-state index contributed by atoms with van der Waals surface area (Å²) in [5, 5.41) is 12.3. The standard InChI is InChI=1S/C25H22N4O5S/c1-2-32-25(31)24-21(15-28(27-24)17-8-4-3-5-9-17)34-16-23(30)29-19(20-10-6-12-33-20)14-18(26-29)22-11-7-13-35-22/h3-13,15,19H,2,14,16H2,1H3. The number of carbonyl (C=O) groups excluding carboxylic acids is 2. The predicted molar refractivity (Wildman–Crippen MR) is 129 cm³/mol. The van der Waals surface area contributed by atoms with E-state index in [0.717, 1.165) is 16.3 Å². The number of hydrogen-bond acceptors (Lipinski definition) is 8. The van der Waals surface area contributed by atoms with Gasteiger partial charge in [0, 0.05) is 6.42 Å². The molecular weight excluding hydrogens is 468 g/mol. The maximum atomic E-state index is 13.2. The Bertz CT molecular complexity index is 1330. The van der Waals surface area contributed by atoms with Crippen LogP contribution in [0.5, 0.6) is 5.75 Å². The second kappa shape index (κ2) is 9.98. The van der Waals surface area contributed by atoms with Crippen molar-refractivity contribution in [1.29, 1.82) is 0 Å². The largest absolute Gasteiger partial charge is 0.479 e. The first-order chi connectivity index (χ1) is 17.1. The van der Waals surface area contributed by atoms with E-state index in [2.05, 4.69) is 10.2 Å². The van der Waals surface area contributed by atoms with Crippen molar-refractivity contribution < 1.29 is 23.5 Å². The zero-order chi connectivity index (χ0) is 24.2. The summed E-state index contributed by atoms with van der Waals surface area (Å²) >= 11 is 1.56. The van der Waals surface area contributed by atoms with Gasteiger partial charge in [0.2, 0.25) is 5.69 Å². The lowest BCUT2D eigenvalue weighted by molar-refractivity contribution is -0.135. The number of thiophene rings is 1. The van der Waals surface area contributed by atoms with Gasteiger partial charge in [-0.1, -0.05) is 24.3 Å². The van der Waals surface area contributed by atoms with Gasteiger partial charge in [0.25, 0.3) is 5.91 Å². The first-order valence-corrected chi connectivity index (χ1v) is 11.9. The molecule has 1 aliphatic heterocycles. The van der Waals surface area contributed by atoms with E-state index in [0.29, 0.717) is 12.2 Å². The van der Waals surface area contributed by atoms with Crippen LogP contribution >= 0.6 is 11.3 Å². The summed E-state index contributed by atoms with van der Waals surface area (Å²) in [5.41, 5.74) is 1.54. The minimum atomic E-state index is -0.628. The van der Waals surface area contributed by atoms with E-state index in [1.165, 1.54) is 9.69 Å². The maximum Gasteiger partial charge on any atom is 0.362 e. The molecule has 0 aliphatic carbocycles. The average molecular weight is 491 g/mol. The first-order valence-electron chi connectivity index (χ1n) is 11.1. The van der Waals surface area contributed by atoms with Crippen molar-refractivity contribution in [3.63, 3.8) is 0 Å². The molecule has 4 aromatic rings. The first kappa shape index (κ1) is 22.6. The number of aromatic nitrogens is 2. The highest BCUT2D eigenvalue weighted by molar-refractivity contribution is 7.12. The quantitative estimate of drug-likeness (QED) is 0.338. The molecule has 1 atom stereocenters. The zero-order valence-corrected chi connectivity index (χ0v) is 19.7.